The zero-order valence-corrected chi connectivity index (χ0v) is 29.7. The predicted octanol–water partition coefficient (Wildman–Crippen LogP) is 6.48. The first kappa shape index (κ1) is 33.6. The third-order valence-corrected chi connectivity index (χ3v) is 10.7. The van der Waals surface area contributed by atoms with E-state index in [9.17, 15) is 4.79 Å². The normalized spacial score (nSPS) is 22.3. The van der Waals surface area contributed by atoms with Gasteiger partial charge in [0.05, 0.1) is 29.2 Å². The van der Waals surface area contributed by atoms with Crippen molar-refractivity contribution in [1.82, 2.24) is 20.5 Å². The Balaban J connectivity index is 1.12. The van der Waals surface area contributed by atoms with Crippen LogP contribution in [0.3, 0.4) is 0 Å². The summed E-state index contributed by atoms with van der Waals surface area (Å²) in [6.45, 7) is 6.16. The molecule has 2 saturated heterocycles. The fourth-order valence-corrected chi connectivity index (χ4v) is 8.07. The van der Waals surface area contributed by atoms with Gasteiger partial charge in [0.25, 0.3) is 5.91 Å². The Morgan fingerprint density at radius 2 is 1.85 bits per heavy atom. The van der Waals surface area contributed by atoms with Gasteiger partial charge in [-0.25, -0.2) is 4.98 Å². The van der Waals surface area contributed by atoms with E-state index in [2.05, 4.69) is 33.7 Å². The summed E-state index contributed by atoms with van der Waals surface area (Å²) in [5.74, 6) is 1.51. The van der Waals surface area contributed by atoms with Gasteiger partial charge in [0.15, 0.2) is 5.75 Å². The third-order valence-electron chi connectivity index (χ3n) is 9.82. The Labute approximate surface area is 297 Å². The number of benzene rings is 2. The fraction of sp³-hybridized carbons (Fsp3) is 0.459. The smallest absolute Gasteiger partial charge is 0.252 e. The highest BCUT2D eigenvalue weighted by molar-refractivity contribution is 6.37. The monoisotopic (exact) mass is 709 g/mol. The lowest BCUT2D eigenvalue weighted by atomic mass is 9.84. The van der Waals surface area contributed by atoms with E-state index in [1.165, 1.54) is 0 Å². The van der Waals surface area contributed by atoms with Crippen LogP contribution in [0.2, 0.25) is 15.1 Å². The third kappa shape index (κ3) is 7.35. The van der Waals surface area contributed by atoms with Crippen LogP contribution >= 0.6 is 34.8 Å². The zero-order valence-electron chi connectivity index (χ0n) is 27.4. The Morgan fingerprint density at radius 3 is 2.58 bits per heavy atom. The highest BCUT2D eigenvalue weighted by Gasteiger charge is 2.41. The molecule has 11 heteroatoms. The number of halogens is 3. The zero-order chi connectivity index (χ0) is 33.4. The van der Waals surface area contributed by atoms with Crippen LogP contribution in [0.25, 0.3) is 5.57 Å². The van der Waals surface area contributed by atoms with Gasteiger partial charge in [-0.1, -0.05) is 46.9 Å². The van der Waals surface area contributed by atoms with Crippen LogP contribution in [-0.2, 0) is 22.5 Å². The number of methoxy groups -OCH3 is 1. The molecule has 4 heterocycles. The number of pyridine rings is 1. The van der Waals surface area contributed by atoms with Crippen molar-refractivity contribution in [3.63, 3.8) is 0 Å². The number of nitrogens with one attached hydrogen (secondary N) is 2. The van der Waals surface area contributed by atoms with Crippen molar-refractivity contribution in [1.29, 1.82) is 0 Å². The van der Waals surface area contributed by atoms with Crippen LogP contribution in [0.1, 0.15) is 47.9 Å². The summed E-state index contributed by atoms with van der Waals surface area (Å²) >= 11 is 19.6. The summed E-state index contributed by atoms with van der Waals surface area (Å²) in [6.07, 6.45) is 6.30. The summed E-state index contributed by atoms with van der Waals surface area (Å²) in [4.78, 5) is 23.8. The lowest BCUT2D eigenvalue weighted by Crippen LogP contribution is -2.60. The average Bonchev–Trinajstić information content (AvgIpc) is 3.81. The molecular weight excluding hydrogens is 669 g/mol. The van der Waals surface area contributed by atoms with Gasteiger partial charge in [0, 0.05) is 68.6 Å². The number of aromatic nitrogens is 1. The number of carbonyl (C=O) groups excluding carboxylic acids is 1. The van der Waals surface area contributed by atoms with Crippen molar-refractivity contribution < 1.29 is 14.3 Å². The number of aryl methyl sites for hydroxylation is 1. The summed E-state index contributed by atoms with van der Waals surface area (Å²) in [5.41, 5.74) is 6.06. The Morgan fingerprint density at radius 1 is 1.04 bits per heavy atom. The molecule has 2 aromatic carbocycles. The molecule has 1 aromatic heterocycles. The highest BCUT2D eigenvalue weighted by Crippen LogP contribution is 2.38. The Kier molecular flexibility index (Phi) is 10.2. The number of hydrogen-bond donors (Lipinski definition) is 2. The Hall–Kier alpha value is -2.85. The first-order valence-corrected chi connectivity index (χ1v) is 18.0. The molecule has 2 N–H and O–H groups in total. The number of carbonyl (C=O) groups is 1. The summed E-state index contributed by atoms with van der Waals surface area (Å²) in [6, 6.07) is 14.4. The first-order valence-electron chi connectivity index (χ1n) is 16.9. The fourth-order valence-electron chi connectivity index (χ4n) is 7.20. The molecule has 0 unspecified atom stereocenters. The van der Waals surface area contributed by atoms with Crippen molar-refractivity contribution >= 4 is 52.1 Å². The molecule has 0 radical (unpaired) electrons. The number of amides is 1. The largest absolute Gasteiger partial charge is 0.485 e. The molecular formula is C37H42Cl3N5O3. The molecule has 48 heavy (non-hydrogen) atoms. The molecule has 2 bridgehead atoms. The molecule has 254 valence electrons. The minimum absolute atomic E-state index is 0.0463. The number of piperazine rings is 1. The Bertz CT molecular complexity index is 1670. The number of nitrogens with zero attached hydrogens (tertiary/aromatic N) is 3. The van der Waals surface area contributed by atoms with Crippen molar-refractivity contribution in [3.05, 3.63) is 91.6 Å². The number of ether oxygens (including phenoxy) is 2. The maximum Gasteiger partial charge on any atom is 0.252 e. The van der Waals surface area contributed by atoms with Gasteiger partial charge in [-0.05, 0) is 90.8 Å². The molecule has 3 fully saturated rings. The standard InChI is InChI=1S/C37H42Cl3N5O3/c1-22-13-31(39)36(32(40)14-22)48-28-9-11-44(21-28)34-8-4-24(17-42-34)29-16-26-18-41-19-33(43-26)35(29)37(46)45(27-5-6-27)20-25-15-23(10-12-47-2)3-7-30(25)38/h3-4,7-8,13-15,17,26-28,33,41,43H,5-6,9-12,16,18-21H2,1-2H3/t26-,28+,33+/m0/s1. The number of anilines is 1. The van der Waals surface area contributed by atoms with Crippen molar-refractivity contribution in [2.45, 2.75) is 69.8 Å². The van der Waals surface area contributed by atoms with Crippen molar-refractivity contribution in [3.8, 4) is 5.75 Å². The number of rotatable bonds is 11. The van der Waals surface area contributed by atoms with E-state index in [-0.39, 0.29) is 30.1 Å². The first-order chi connectivity index (χ1) is 23.3. The van der Waals surface area contributed by atoms with Gasteiger partial charge in [-0.2, -0.15) is 0 Å². The molecule has 7 rings (SSSR count). The second kappa shape index (κ2) is 14.6. The van der Waals surface area contributed by atoms with Crippen LogP contribution in [0.15, 0.2) is 54.2 Å². The minimum Gasteiger partial charge on any atom is -0.485 e. The van der Waals surface area contributed by atoms with E-state index in [0.29, 0.717) is 47.1 Å². The summed E-state index contributed by atoms with van der Waals surface area (Å²) < 4.78 is 11.5. The lowest BCUT2D eigenvalue weighted by Gasteiger charge is -2.41. The quantitative estimate of drug-likeness (QED) is 0.236. The number of fused-ring (bicyclic) bond motifs is 2. The second-order valence-electron chi connectivity index (χ2n) is 13.4. The van der Waals surface area contributed by atoms with E-state index in [0.717, 1.165) is 84.4 Å². The van der Waals surface area contributed by atoms with Crippen LogP contribution in [0, 0.1) is 6.92 Å². The van der Waals surface area contributed by atoms with E-state index < -0.39 is 0 Å². The maximum absolute atomic E-state index is 14.6. The van der Waals surface area contributed by atoms with Gasteiger partial charge in [0.2, 0.25) is 0 Å². The van der Waals surface area contributed by atoms with E-state index in [1.807, 2.05) is 42.3 Å². The molecule has 8 nitrogen and oxygen atoms in total. The second-order valence-corrected chi connectivity index (χ2v) is 14.7. The maximum atomic E-state index is 14.6. The van der Waals surface area contributed by atoms with Gasteiger partial charge < -0.3 is 29.9 Å². The minimum atomic E-state index is -0.0682. The van der Waals surface area contributed by atoms with E-state index in [4.69, 9.17) is 49.3 Å². The van der Waals surface area contributed by atoms with Gasteiger partial charge in [-0.3, -0.25) is 4.79 Å². The molecule has 1 aliphatic carbocycles. The summed E-state index contributed by atoms with van der Waals surface area (Å²) in [5, 5.41) is 9.01. The molecule has 3 aromatic rings. The molecule has 3 aliphatic heterocycles. The van der Waals surface area contributed by atoms with Crippen LogP contribution in [0.4, 0.5) is 5.82 Å². The lowest BCUT2D eigenvalue weighted by molar-refractivity contribution is -0.128. The van der Waals surface area contributed by atoms with Gasteiger partial charge >= 0.3 is 0 Å². The van der Waals surface area contributed by atoms with Crippen molar-refractivity contribution in [2.24, 2.45) is 0 Å². The molecule has 4 aliphatic rings. The SMILES string of the molecule is COCCc1ccc(Cl)c(CN(C(=O)C2=C(c3ccc(N4CC[C@@H](Oc5c(Cl)cc(C)cc5Cl)C4)nc3)C[C@H]3CNC[C@H]2N3)C2CC2)c1. The molecule has 0 spiro atoms. The van der Waals surface area contributed by atoms with E-state index >= 15 is 0 Å². The van der Waals surface area contributed by atoms with Crippen LogP contribution in [-0.4, -0.2) is 79.9 Å². The van der Waals surface area contributed by atoms with Crippen LogP contribution in [0.5, 0.6) is 5.75 Å². The molecule has 1 saturated carbocycles. The summed E-state index contributed by atoms with van der Waals surface area (Å²) in [7, 11) is 1.71. The number of hydrogen-bond acceptors (Lipinski definition) is 7. The topological polar surface area (TPSA) is 79.0 Å². The molecule has 3 atom stereocenters. The predicted molar refractivity (Wildman–Crippen MR) is 192 cm³/mol. The van der Waals surface area contributed by atoms with Gasteiger partial charge in [0.1, 0.15) is 11.9 Å². The van der Waals surface area contributed by atoms with Crippen LogP contribution < -0.4 is 20.3 Å². The average molecular weight is 711 g/mol. The van der Waals surface area contributed by atoms with Crippen molar-refractivity contribution in [2.75, 3.05) is 44.8 Å². The van der Waals surface area contributed by atoms with E-state index in [1.54, 1.807) is 7.11 Å². The molecule has 1 amide bonds. The highest BCUT2D eigenvalue weighted by atomic mass is 35.5. The van der Waals surface area contributed by atoms with Gasteiger partial charge in [-0.15, -0.1) is 0 Å².